The quantitative estimate of drug-likeness (QED) is 0.798. The molecule has 3 nitrogen and oxygen atoms in total. The molecule has 1 heterocycles. The maximum Gasteiger partial charge on any atom is 0.253 e. The zero-order chi connectivity index (χ0) is 14.5. The SMILES string of the molecule is CC12CCC(CN(C(=O)c3ccc(N)cc3)C1)C2(C)C. The lowest BCUT2D eigenvalue weighted by Gasteiger charge is -2.50. The highest BCUT2D eigenvalue weighted by atomic mass is 16.2. The Labute approximate surface area is 121 Å². The molecule has 1 aliphatic carbocycles. The lowest BCUT2D eigenvalue weighted by Crippen LogP contribution is -2.53. The van der Waals surface area contributed by atoms with Crippen LogP contribution in [0.1, 0.15) is 44.0 Å². The zero-order valence-electron chi connectivity index (χ0n) is 12.6. The van der Waals surface area contributed by atoms with E-state index in [1.807, 2.05) is 12.1 Å². The van der Waals surface area contributed by atoms with Gasteiger partial charge in [0.1, 0.15) is 0 Å². The smallest absolute Gasteiger partial charge is 0.253 e. The third kappa shape index (κ3) is 1.83. The Morgan fingerprint density at radius 3 is 2.50 bits per heavy atom. The molecule has 2 N–H and O–H groups in total. The molecule has 20 heavy (non-hydrogen) atoms. The van der Waals surface area contributed by atoms with Gasteiger partial charge in [-0.05, 0) is 53.9 Å². The minimum atomic E-state index is 0.152. The van der Waals surface area contributed by atoms with Crippen LogP contribution in [0.3, 0.4) is 0 Å². The number of amides is 1. The molecule has 2 aliphatic rings. The van der Waals surface area contributed by atoms with Crippen LogP contribution in [0.4, 0.5) is 5.69 Å². The highest BCUT2D eigenvalue weighted by Gasteiger charge is 2.56. The van der Waals surface area contributed by atoms with Crippen molar-refractivity contribution in [2.45, 2.75) is 33.6 Å². The number of nitrogens with two attached hydrogens (primary N) is 1. The standard InChI is InChI=1S/C17H24N2O/c1-16(2)13-8-9-17(16,3)11-19(10-13)15(20)12-4-6-14(18)7-5-12/h4-7,13H,8-11,18H2,1-3H3. The lowest BCUT2D eigenvalue weighted by molar-refractivity contribution is -0.0107. The fourth-order valence-electron chi connectivity index (χ4n) is 3.99. The fraction of sp³-hybridized carbons (Fsp3) is 0.588. The zero-order valence-corrected chi connectivity index (χ0v) is 12.6. The average molecular weight is 272 g/mol. The number of rotatable bonds is 1. The Bertz CT molecular complexity index is 534. The van der Waals surface area contributed by atoms with Gasteiger partial charge in [-0.3, -0.25) is 4.79 Å². The largest absolute Gasteiger partial charge is 0.399 e. The van der Waals surface area contributed by atoms with E-state index >= 15 is 0 Å². The van der Waals surface area contributed by atoms with Crippen LogP contribution in [0.5, 0.6) is 0 Å². The van der Waals surface area contributed by atoms with Gasteiger partial charge in [-0.25, -0.2) is 0 Å². The molecule has 2 bridgehead atoms. The number of piperidine rings is 1. The van der Waals surface area contributed by atoms with Gasteiger partial charge in [0.25, 0.3) is 5.91 Å². The van der Waals surface area contributed by atoms with Gasteiger partial charge in [0.15, 0.2) is 0 Å². The van der Waals surface area contributed by atoms with Crippen LogP contribution in [0.2, 0.25) is 0 Å². The molecule has 2 unspecified atom stereocenters. The number of likely N-dealkylation sites (tertiary alicyclic amines) is 1. The molecule has 1 saturated heterocycles. The first kappa shape index (κ1) is 13.5. The van der Waals surface area contributed by atoms with Gasteiger partial charge in [-0.15, -0.1) is 0 Å². The number of nitrogens with zero attached hydrogens (tertiary/aromatic N) is 1. The van der Waals surface area contributed by atoms with Gasteiger partial charge in [0.05, 0.1) is 0 Å². The van der Waals surface area contributed by atoms with Gasteiger partial charge in [-0.1, -0.05) is 20.8 Å². The summed E-state index contributed by atoms with van der Waals surface area (Å²) in [5.74, 6) is 0.776. The molecule has 2 fully saturated rings. The number of carbonyl (C=O) groups is 1. The molecule has 1 amide bonds. The van der Waals surface area contributed by atoms with E-state index in [1.165, 1.54) is 12.8 Å². The molecule has 0 radical (unpaired) electrons. The van der Waals surface area contributed by atoms with Crippen molar-refractivity contribution in [3.63, 3.8) is 0 Å². The van der Waals surface area contributed by atoms with E-state index in [9.17, 15) is 4.79 Å². The van der Waals surface area contributed by atoms with Crippen LogP contribution in [0.25, 0.3) is 0 Å². The summed E-state index contributed by atoms with van der Waals surface area (Å²) in [6.07, 6.45) is 2.48. The first-order chi connectivity index (χ1) is 9.33. The number of hydrogen-bond donors (Lipinski definition) is 1. The highest BCUT2D eigenvalue weighted by Crippen LogP contribution is 2.59. The lowest BCUT2D eigenvalue weighted by atomic mass is 9.63. The Hall–Kier alpha value is -1.51. The Balaban J connectivity index is 1.83. The summed E-state index contributed by atoms with van der Waals surface area (Å²) >= 11 is 0. The number of carbonyl (C=O) groups excluding carboxylic acids is 1. The van der Waals surface area contributed by atoms with Gasteiger partial charge in [0.2, 0.25) is 0 Å². The van der Waals surface area contributed by atoms with Gasteiger partial charge in [0, 0.05) is 24.3 Å². The van der Waals surface area contributed by atoms with Crippen LogP contribution >= 0.6 is 0 Å². The average Bonchev–Trinajstić information content (AvgIpc) is 2.56. The summed E-state index contributed by atoms with van der Waals surface area (Å²) in [6, 6.07) is 7.28. The monoisotopic (exact) mass is 272 g/mol. The summed E-state index contributed by atoms with van der Waals surface area (Å²) in [4.78, 5) is 14.7. The Kier molecular flexibility index (Phi) is 2.86. The normalized spacial score (nSPS) is 31.4. The van der Waals surface area contributed by atoms with Gasteiger partial charge < -0.3 is 10.6 Å². The molecule has 0 spiro atoms. The van der Waals surface area contributed by atoms with E-state index in [0.717, 1.165) is 18.7 Å². The van der Waals surface area contributed by atoms with Crippen molar-refractivity contribution in [3.8, 4) is 0 Å². The predicted octanol–water partition coefficient (Wildman–Crippen LogP) is 3.17. The maximum absolute atomic E-state index is 12.7. The minimum Gasteiger partial charge on any atom is -0.399 e. The van der Waals surface area contributed by atoms with Crippen LogP contribution in [-0.4, -0.2) is 23.9 Å². The molecule has 108 valence electrons. The number of nitrogen functional groups attached to an aromatic ring is 1. The van der Waals surface area contributed by atoms with Crippen LogP contribution in [0.15, 0.2) is 24.3 Å². The molecule has 1 aromatic rings. The van der Waals surface area contributed by atoms with Crippen molar-refractivity contribution in [1.82, 2.24) is 4.90 Å². The Morgan fingerprint density at radius 2 is 1.90 bits per heavy atom. The maximum atomic E-state index is 12.7. The molecule has 1 saturated carbocycles. The molecule has 3 rings (SSSR count). The van der Waals surface area contributed by atoms with Crippen molar-refractivity contribution < 1.29 is 4.79 Å². The molecule has 2 atom stereocenters. The molecule has 1 aliphatic heterocycles. The van der Waals surface area contributed by atoms with Crippen molar-refractivity contribution in [3.05, 3.63) is 29.8 Å². The van der Waals surface area contributed by atoms with Crippen LogP contribution in [0, 0.1) is 16.7 Å². The van der Waals surface area contributed by atoms with E-state index in [0.29, 0.717) is 17.0 Å². The molecule has 3 heteroatoms. The second-order valence-electron chi connectivity index (χ2n) is 7.33. The molecule has 1 aromatic carbocycles. The fourth-order valence-corrected chi connectivity index (χ4v) is 3.99. The third-order valence-electron chi connectivity index (χ3n) is 6.05. The summed E-state index contributed by atoms with van der Waals surface area (Å²) in [7, 11) is 0. The second kappa shape index (κ2) is 4.24. The second-order valence-corrected chi connectivity index (χ2v) is 7.33. The van der Waals surface area contributed by atoms with E-state index in [2.05, 4.69) is 25.7 Å². The van der Waals surface area contributed by atoms with Crippen molar-refractivity contribution in [2.24, 2.45) is 16.7 Å². The molecular formula is C17H24N2O. The summed E-state index contributed by atoms with van der Waals surface area (Å²) in [5.41, 5.74) is 7.73. The first-order valence-electron chi connectivity index (χ1n) is 7.48. The van der Waals surface area contributed by atoms with Gasteiger partial charge >= 0.3 is 0 Å². The van der Waals surface area contributed by atoms with E-state index in [-0.39, 0.29) is 11.3 Å². The highest BCUT2D eigenvalue weighted by molar-refractivity contribution is 5.94. The number of anilines is 1. The Morgan fingerprint density at radius 1 is 1.25 bits per heavy atom. The number of hydrogen-bond acceptors (Lipinski definition) is 2. The minimum absolute atomic E-state index is 0.152. The van der Waals surface area contributed by atoms with E-state index in [4.69, 9.17) is 5.73 Å². The van der Waals surface area contributed by atoms with Crippen LogP contribution in [-0.2, 0) is 0 Å². The van der Waals surface area contributed by atoms with Gasteiger partial charge in [-0.2, -0.15) is 0 Å². The number of benzene rings is 1. The third-order valence-corrected chi connectivity index (χ3v) is 6.05. The van der Waals surface area contributed by atoms with E-state index in [1.54, 1.807) is 12.1 Å². The van der Waals surface area contributed by atoms with Crippen molar-refractivity contribution in [1.29, 1.82) is 0 Å². The van der Waals surface area contributed by atoms with Crippen LogP contribution < -0.4 is 5.73 Å². The molecule has 0 aromatic heterocycles. The number of fused-ring (bicyclic) bond motifs is 2. The summed E-state index contributed by atoms with van der Waals surface area (Å²) in [5, 5.41) is 0. The van der Waals surface area contributed by atoms with E-state index < -0.39 is 0 Å². The first-order valence-corrected chi connectivity index (χ1v) is 7.48. The molecular weight excluding hydrogens is 248 g/mol. The topological polar surface area (TPSA) is 46.3 Å². The summed E-state index contributed by atoms with van der Waals surface area (Å²) < 4.78 is 0. The van der Waals surface area contributed by atoms with Crippen molar-refractivity contribution in [2.75, 3.05) is 18.8 Å². The van der Waals surface area contributed by atoms with Crippen molar-refractivity contribution >= 4 is 11.6 Å². The summed E-state index contributed by atoms with van der Waals surface area (Å²) in [6.45, 7) is 8.85. The predicted molar refractivity (Wildman–Crippen MR) is 81.4 cm³/mol.